The van der Waals surface area contributed by atoms with Gasteiger partial charge in [0, 0.05) is 18.0 Å². The molecule has 2 fully saturated rings. The molecule has 1 aliphatic heterocycles. The molecule has 4 atom stereocenters. The van der Waals surface area contributed by atoms with E-state index >= 15 is 0 Å². The molecule has 2 amide bonds. The highest BCUT2D eigenvalue weighted by Gasteiger charge is 2.55. The molecule has 1 heterocycles. The average Bonchev–Trinajstić information content (AvgIpc) is 2.93. The molecular formula is C26H39FN2O4. The van der Waals surface area contributed by atoms with Gasteiger partial charge in [-0.15, -0.1) is 0 Å². The maximum absolute atomic E-state index is 13.3. The monoisotopic (exact) mass is 462 g/mol. The van der Waals surface area contributed by atoms with Crippen molar-refractivity contribution in [3.8, 4) is 0 Å². The fraction of sp³-hybridized carbons (Fsp3) is 0.692. The Morgan fingerprint density at radius 2 is 1.76 bits per heavy atom. The molecule has 1 aliphatic carbocycles. The summed E-state index contributed by atoms with van der Waals surface area (Å²) in [7, 11) is 0. The minimum Gasteiger partial charge on any atom is -0.444 e. The Kier molecular flexibility index (Phi) is 7.13. The highest BCUT2D eigenvalue weighted by atomic mass is 19.1. The number of nitrogens with zero attached hydrogens (tertiary/aromatic N) is 1. The van der Waals surface area contributed by atoms with E-state index in [1.807, 2.05) is 20.8 Å². The zero-order valence-electron chi connectivity index (χ0n) is 20.8. The number of aliphatic hydroxyl groups is 1. The lowest BCUT2D eigenvalue weighted by atomic mass is 9.75. The van der Waals surface area contributed by atoms with Gasteiger partial charge >= 0.3 is 6.09 Å². The Morgan fingerprint density at radius 1 is 1.15 bits per heavy atom. The Hall–Kier alpha value is -2.15. The summed E-state index contributed by atoms with van der Waals surface area (Å²) in [5, 5.41) is 14.0. The van der Waals surface area contributed by atoms with Crippen molar-refractivity contribution in [3.05, 3.63) is 35.6 Å². The van der Waals surface area contributed by atoms with Crippen molar-refractivity contribution in [3.63, 3.8) is 0 Å². The number of fused-ring (bicyclic) bond motifs is 1. The molecule has 0 bridgehead atoms. The lowest BCUT2D eigenvalue weighted by Gasteiger charge is -2.38. The van der Waals surface area contributed by atoms with E-state index in [-0.39, 0.29) is 30.4 Å². The molecule has 0 aromatic heterocycles. The molecule has 1 aromatic rings. The lowest BCUT2D eigenvalue weighted by Crippen LogP contribution is -2.51. The van der Waals surface area contributed by atoms with Gasteiger partial charge in [-0.3, -0.25) is 9.69 Å². The summed E-state index contributed by atoms with van der Waals surface area (Å²) in [5.74, 6) is -0.546. The Labute approximate surface area is 196 Å². The number of hydrogen-bond donors (Lipinski definition) is 2. The second-order valence-electron chi connectivity index (χ2n) is 11.4. The van der Waals surface area contributed by atoms with Gasteiger partial charge in [0.15, 0.2) is 0 Å². The van der Waals surface area contributed by atoms with E-state index in [4.69, 9.17) is 4.74 Å². The second kappa shape index (κ2) is 9.24. The van der Waals surface area contributed by atoms with E-state index in [1.165, 1.54) is 12.1 Å². The van der Waals surface area contributed by atoms with E-state index in [2.05, 4.69) is 12.2 Å². The van der Waals surface area contributed by atoms with E-state index in [9.17, 15) is 19.1 Å². The molecule has 1 saturated heterocycles. The minimum atomic E-state index is -0.864. The highest BCUT2D eigenvalue weighted by Crippen LogP contribution is 2.48. The van der Waals surface area contributed by atoms with Crippen LogP contribution in [0.2, 0.25) is 0 Å². The zero-order chi connectivity index (χ0) is 24.6. The standard InChI is InChI=1S/C26H39FN2O4/c1-24(2,3)33-23(32)29-19(15-26(6)20(29)9-7-8-10-21(26)30)16-28-22(31)25(4,5)17-11-13-18(27)14-12-17/h11-14,19-21,30H,7-10,15-16H2,1-6H3,(H,28,31)/t19-,20-,21+,26-/m1/s1. The van der Waals surface area contributed by atoms with E-state index < -0.39 is 28.6 Å². The molecule has 1 saturated carbocycles. The van der Waals surface area contributed by atoms with Gasteiger partial charge in [-0.05, 0) is 71.6 Å². The molecule has 3 rings (SSSR count). The Morgan fingerprint density at radius 3 is 2.36 bits per heavy atom. The first-order chi connectivity index (χ1) is 15.3. The SMILES string of the molecule is CC(C)(C)OC(=O)N1[C@@H](CNC(=O)C(C)(C)c2ccc(F)cc2)C[C@@]2(C)[C@@H](O)CCCC[C@@H]12. The van der Waals surface area contributed by atoms with E-state index in [0.29, 0.717) is 18.4 Å². The van der Waals surface area contributed by atoms with Gasteiger partial charge in [-0.25, -0.2) is 9.18 Å². The van der Waals surface area contributed by atoms with E-state index in [0.717, 1.165) is 19.3 Å². The third-order valence-electron chi connectivity index (χ3n) is 7.37. The van der Waals surface area contributed by atoms with Crippen molar-refractivity contribution < 1.29 is 23.8 Å². The first-order valence-electron chi connectivity index (χ1n) is 12.0. The fourth-order valence-corrected chi connectivity index (χ4v) is 5.34. The number of amides is 2. The predicted molar refractivity (Wildman–Crippen MR) is 125 cm³/mol. The van der Waals surface area contributed by atoms with Crippen LogP contribution in [0, 0.1) is 11.2 Å². The van der Waals surface area contributed by atoms with Crippen LogP contribution in [0.25, 0.3) is 0 Å². The van der Waals surface area contributed by atoms with Crippen LogP contribution < -0.4 is 5.32 Å². The summed E-state index contributed by atoms with van der Waals surface area (Å²) >= 11 is 0. The van der Waals surface area contributed by atoms with Crippen LogP contribution in [0.1, 0.15) is 79.2 Å². The number of halogens is 1. The van der Waals surface area contributed by atoms with Crippen LogP contribution >= 0.6 is 0 Å². The number of aliphatic hydroxyl groups excluding tert-OH is 1. The van der Waals surface area contributed by atoms with Crippen molar-refractivity contribution in [1.29, 1.82) is 0 Å². The molecule has 6 nitrogen and oxygen atoms in total. The predicted octanol–water partition coefficient (Wildman–Crippen LogP) is 4.54. The summed E-state index contributed by atoms with van der Waals surface area (Å²) < 4.78 is 19.1. The van der Waals surface area contributed by atoms with Crippen LogP contribution in [0.3, 0.4) is 0 Å². The van der Waals surface area contributed by atoms with Crippen molar-refractivity contribution in [2.24, 2.45) is 5.41 Å². The number of rotatable bonds is 4. The quantitative estimate of drug-likeness (QED) is 0.689. The topological polar surface area (TPSA) is 78.9 Å². The number of carbonyl (C=O) groups excluding carboxylic acids is 2. The van der Waals surface area contributed by atoms with Gasteiger partial charge in [0.05, 0.1) is 17.6 Å². The fourth-order valence-electron chi connectivity index (χ4n) is 5.34. The number of carbonyl (C=O) groups is 2. The lowest BCUT2D eigenvalue weighted by molar-refractivity contribution is -0.125. The molecule has 33 heavy (non-hydrogen) atoms. The molecule has 7 heteroatoms. The molecule has 0 unspecified atom stereocenters. The molecule has 1 aromatic carbocycles. The van der Waals surface area contributed by atoms with Gasteiger partial charge in [-0.2, -0.15) is 0 Å². The third-order valence-corrected chi connectivity index (χ3v) is 7.37. The van der Waals surface area contributed by atoms with Crippen LogP contribution in [0.15, 0.2) is 24.3 Å². The largest absolute Gasteiger partial charge is 0.444 e. The first-order valence-corrected chi connectivity index (χ1v) is 12.0. The van der Waals surface area contributed by atoms with Crippen LogP contribution in [-0.4, -0.2) is 52.3 Å². The van der Waals surface area contributed by atoms with Gasteiger partial charge in [0.1, 0.15) is 11.4 Å². The molecular weight excluding hydrogens is 423 g/mol. The minimum absolute atomic E-state index is 0.142. The molecule has 0 radical (unpaired) electrons. The number of nitrogens with one attached hydrogen (secondary N) is 1. The van der Waals surface area contributed by atoms with Gasteiger partial charge < -0.3 is 15.2 Å². The van der Waals surface area contributed by atoms with Crippen molar-refractivity contribution >= 4 is 12.0 Å². The number of ether oxygens (including phenoxy) is 1. The van der Waals surface area contributed by atoms with E-state index in [1.54, 1.807) is 30.9 Å². The summed E-state index contributed by atoms with van der Waals surface area (Å²) in [5.41, 5.74) is -1.24. The summed E-state index contributed by atoms with van der Waals surface area (Å²) in [4.78, 5) is 28.2. The van der Waals surface area contributed by atoms with Gasteiger partial charge in [-0.1, -0.05) is 31.9 Å². The Bertz CT molecular complexity index is 864. The Balaban J connectivity index is 1.81. The molecule has 0 spiro atoms. The van der Waals surface area contributed by atoms with Crippen molar-refractivity contribution in [2.75, 3.05) is 6.54 Å². The normalized spacial score (nSPS) is 28.1. The molecule has 2 aliphatic rings. The smallest absolute Gasteiger partial charge is 0.410 e. The van der Waals surface area contributed by atoms with Crippen molar-refractivity contribution in [2.45, 2.75) is 103 Å². The summed E-state index contributed by atoms with van der Waals surface area (Å²) in [6.07, 6.45) is 3.07. The average molecular weight is 463 g/mol. The third kappa shape index (κ3) is 5.34. The maximum Gasteiger partial charge on any atom is 0.410 e. The highest BCUT2D eigenvalue weighted by molar-refractivity contribution is 5.87. The number of benzene rings is 1. The van der Waals surface area contributed by atoms with Gasteiger partial charge in [0.2, 0.25) is 5.91 Å². The zero-order valence-corrected chi connectivity index (χ0v) is 20.8. The van der Waals surface area contributed by atoms with Crippen LogP contribution in [0.4, 0.5) is 9.18 Å². The van der Waals surface area contributed by atoms with Crippen molar-refractivity contribution in [1.82, 2.24) is 10.2 Å². The summed E-state index contributed by atoms with van der Waals surface area (Å²) in [6.45, 7) is 11.4. The van der Waals surface area contributed by atoms with Crippen LogP contribution in [0.5, 0.6) is 0 Å². The van der Waals surface area contributed by atoms with Crippen LogP contribution in [-0.2, 0) is 14.9 Å². The second-order valence-corrected chi connectivity index (χ2v) is 11.4. The maximum atomic E-state index is 13.3. The first kappa shape index (κ1) is 25.5. The number of likely N-dealkylation sites (tertiary alicyclic amines) is 1. The molecule has 184 valence electrons. The molecule has 2 N–H and O–H groups in total. The number of hydrogen-bond acceptors (Lipinski definition) is 4. The van der Waals surface area contributed by atoms with Gasteiger partial charge in [0.25, 0.3) is 0 Å². The summed E-state index contributed by atoms with van der Waals surface area (Å²) in [6, 6.07) is 5.51.